The van der Waals surface area contributed by atoms with Crippen molar-refractivity contribution >= 4 is 24.8 Å². The molecule has 1 aliphatic rings. The van der Waals surface area contributed by atoms with E-state index in [1.807, 2.05) is 0 Å². The Kier molecular flexibility index (Phi) is 2.76. The number of hydrogen-bond acceptors (Lipinski definition) is 2. The molecule has 0 aromatic rings. The van der Waals surface area contributed by atoms with Gasteiger partial charge in [-0.25, -0.2) is 0 Å². The van der Waals surface area contributed by atoms with Gasteiger partial charge >= 0.3 is 91.9 Å². The SMILES string of the molecule is CC1(C)C(C(=O)[O][Sn]([CH3])([CH3])[CH3])C1(C)C. The number of hydrogen-bond donors (Lipinski definition) is 0. The van der Waals surface area contributed by atoms with Gasteiger partial charge in [0.25, 0.3) is 0 Å². The predicted molar refractivity (Wildman–Crippen MR) is 60.5 cm³/mol. The number of carbonyl (C=O) groups is 1. The van der Waals surface area contributed by atoms with Gasteiger partial charge in [-0.05, 0) is 0 Å². The van der Waals surface area contributed by atoms with E-state index in [1.54, 1.807) is 0 Å². The Morgan fingerprint density at radius 3 is 1.64 bits per heavy atom. The van der Waals surface area contributed by atoms with Crippen LogP contribution in [0.3, 0.4) is 0 Å². The molecule has 1 aliphatic carbocycles. The normalized spacial score (nSPS) is 24.5. The molecular weight excluding hydrogens is 283 g/mol. The van der Waals surface area contributed by atoms with Crippen molar-refractivity contribution in [1.82, 2.24) is 0 Å². The fourth-order valence-corrected chi connectivity index (χ4v) is 4.21. The Hall–Kier alpha value is 0.269. The van der Waals surface area contributed by atoms with Gasteiger partial charge in [0.15, 0.2) is 0 Å². The second kappa shape index (κ2) is 3.13. The van der Waals surface area contributed by atoms with Crippen molar-refractivity contribution in [3.05, 3.63) is 0 Å². The molecule has 0 heterocycles. The fraction of sp³-hybridized carbons (Fsp3) is 0.909. The molecule has 1 rings (SSSR count). The Morgan fingerprint density at radius 1 is 1.07 bits per heavy atom. The first kappa shape index (κ1) is 12.3. The Morgan fingerprint density at radius 2 is 1.43 bits per heavy atom. The molecule has 1 fully saturated rings. The van der Waals surface area contributed by atoms with Crippen LogP contribution in [0.5, 0.6) is 0 Å². The second-order valence-electron chi connectivity index (χ2n) is 6.41. The van der Waals surface area contributed by atoms with Crippen molar-refractivity contribution in [2.75, 3.05) is 0 Å². The first-order valence-corrected chi connectivity index (χ1v) is 15.0. The first-order chi connectivity index (χ1) is 6.00. The van der Waals surface area contributed by atoms with Gasteiger partial charge in [-0.3, -0.25) is 0 Å². The van der Waals surface area contributed by atoms with Crippen LogP contribution in [-0.2, 0) is 7.87 Å². The molecule has 0 aliphatic heterocycles. The van der Waals surface area contributed by atoms with E-state index in [-0.39, 0.29) is 22.7 Å². The summed E-state index contributed by atoms with van der Waals surface area (Å²) in [6, 6.07) is 0. The summed E-state index contributed by atoms with van der Waals surface area (Å²) >= 11 is -2.41. The van der Waals surface area contributed by atoms with Crippen LogP contribution in [0.1, 0.15) is 27.7 Å². The third kappa shape index (κ3) is 1.95. The van der Waals surface area contributed by atoms with Crippen LogP contribution in [0.4, 0.5) is 0 Å². The standard InChI is InChI=1S/C8H14O2.3CH3.Sn/c1-7(2)5(6(9)10)8(7,3)4;;;;/h5H,1-4H3,(H,9,10);3*1H3;/q;;;;+1/p-1. The Balaban J connectivity index is 2.68. The van der Waals surface area contributed by atoms with E-state index in [9.17, 15) is 4.79 Å². The molecule has 0 atom stereocenters. The van der Waals surface area contributed by atoms with E-state index in [1.165, 1.54) is 0 Å². The topological polar surface area (TPSA) is 26.3 Å². The van der Waals surface area contributed by atoms with E-state index >= 15 is 0 Å². The summed E-state index contributed by atoms with van der Waals surface area (Å²) < 4.78 is 5.60. The molecular formula is C11H22O2Sn. The van der Waals surface area contributed by atoms with E-state index in [0.717, 1.165) is 0 Å². The summed E-state index contributed by atoms with van der Waals surface area (Å²) in [6.45, 7) is 8.60. The molecule has 0 spiro atoms. The third-order valence-electron chi connectivity index (χ3n) is 3.66. The summed E-state index contributed by atoms with van der Waals surface area (Å²) in [5.74, 6) is 0.147. The third-order valence-corrected chi connectivity index (χ3v) is 5.99. The Bertz CT molecular complexity index is 247. The molecule has 0 amide bonds. The van der Waals surface area contributed by atoms with Crippen LogP contribution >= 0.6 is 0 Å². The van der Waals surface area contributed by atoms with Crippen molar-refractivity contribution in [3.63, 3.8) is 0 Å². The van der Waals surface area contributed by atoms with E-state index in [0.29, 0.717) is 0 Å². The summed E-state index contributed by atoms with van der Waals surface area (Å²) in [5, 5.41) is 0. The quantitative estimate of drug-likeness (QED) is 0.733. The van der Waals surface area contributed by atoms with Crippen LogP contribution < -0.4 is 0 Å². The molecule has 2 nitrogen and oxygen atoms in total. The average Bonchev–Trinajstić information content (AvgIpc) is 2.17. The van der Waals surface area contributed by atoms with E-state index in [4.69, 9.17) is 3.07 Å². The fourth-order valence-electron chi connectivity index (χ4n) is 2.15. The number of carbonyl (C=O) groups excluding carboxylic acids is 1. The van der Waals surface area contributed by atoms with Crippen molar-refractivity contribution in [3.8, 4) is 0 Å². The second-order valence-corrected chi connectivity index (χ2v) is 19.1. The van der Waals surface area contributed by atoms with E-state index < -0.39 is 18.8 Å². The van der Waals surface area contributed by atoms with Gasteiger partial charge in [-0.1, -0.05) is 0 Å². The maximum absolute atomic E-state index is 11.9. The van der Waals surface area contributed by atoms with Gasteiger partial charge in [0.05, 0.1) is 0 Å². The number of rotatable bonds is 2. The molecule has 0 saturated heterocycles. The van der Waals surface area contributed by atoms with Crippen molar-refractivity contribution in [2.24, 2.45) is 16.7 Å². The maximum atomic E-state index is 11.9. The zero-order valence-corrected chi connectivity index (χ0v) is 13.2. The summed E-state index contributed by atoms with van der Waals surface area (Å²) in [4.78, 5) is 18.2. The van der Waals surface area contributed by atoms with Crippen LogP contribution in [0.15, 0.2) is 0 Å². The zero-order chi connectivity index (χ0) is 11.4. The van der Waals surface area contributed by atoms with Crippen LogP contribution in [-0.4, -0.2) is 24.8 Å². The molecule has 0 unspecified atom stereocenters. The molecule has 14 heavy (non-hydrogen) atoms. The molecule has 0 radical (unpaired) electrons. The minimum atomic E-state index is -2.41. The molecule has 82 valence electrons. The van der Waals surface area contributed by atoms with Gasteiger partial charge in [0.1, 0.15) is 0 Å². The van der Waals surface area contributed by atoms with Gasteiger partial charge in [0.2, 0.25) is 0 Å². The van der Waals surface area contributed by atoms with Crippen molar-refractivity contribution in [2.45, 2.75) is 42.5 Å². The van der Waals surface area contributed by atoms with Gasteiger partial charge in [0, 0.05) is 0 Å². The average molecular weight is 305 g/mol. The van der Waals surface area contributed by atoms with Crippen molar-refractivity contribution in [1.29, 1.82) is 0 Å². The molecule has 0 N–H and O–H groups in total. The van der Waals surface area contributed by atoms with Crippen LogP contribution in [0, 0.1) is 16.7 Å². The molecule has 0 bridgehead atoms. The monoisotopic (exact) mass is 306 g/mol. The van der Waals surface area contributed by atoms with E-state index in [2.05, 4.69) is 42.5 Å². The first-order valence-electron chi connectivity index (χ1n) is 5.23. The predicted octanol–water partition coefficient (Wildman–Crippen LogP) is 3.05. The van der Waals surface area contributed by atoms with Crippen LogP contribution in [0.25, 0.3) is 0 Å². The van der Waals surface area contributed by atoms with Crippen molar-refractivity contribution < 1.29 is 7.87 Å². The molecule has 0 aromatic carbocycles. The van der Waals surface area contributed by atoms with Gasteiger partial charge < -0.3 is 0 Å². The van der Waals surface area contributed by atoms with Gasteiger partial charge in [-0.2, -0.15) is 0 Å². The van der Waals surface area contributed by atoms with Crippen LogP contribution in [0.2, 0.25) is 14.8 Å². The summed E-state index contributed by atoms with van der Waals surface area (Å²) in [7, 11) is 0. The molecule has 3 heteroatoms. The van der Waals surface area contributed by atoms with Gasteiger partial charge in [-0.15, -0.1) is 0 Å². The summed E-state index contributed by atoms with van der Waals surface area (Å²) in [6.07, 6.45) is 0. The summed E-state index contributed by atoms with van der Waals surface area (Å²) in [5.41, 5.74) is 0.225. The molecule has 0 aromatic heterocycles. The minimum absolute atomic E-state index is 0.0447. The zero-order valence-electron chi connectivity index (χ0n) is 10.4. The molecule has 1 saturated carbocycles. The Labute approximate surface area is 91.8 Å².